The molecule has 0 amide bonds. The van der Waals surface area contributed by atoms with Crippen molar-refractivity contribution in [1.29, 1.82) is 0 Å². The van der Waals surface area contributed by atoms with Gasteiger partial charge in [-0.05, 0) is 23.3 Å². The molecule has 0 aliphatic rings. The molecule has 0 aliphatic heterocycles. The smallest absolute Gasteiger partial charge is 0.392 e. The van der Waals surface area contributed by atoms with Crippen LogP contribution in [-0.2, 0) is 9.53 Å². The molecular formula is C15H14F3NO2S. The number of benzene rings is 1. The van der Waals surface area contributed by atoms with Gasteiger partial charge in [0.1, 0.15) is 6.21 Å². The van der Waals surface area contributed by atoms with Crippen molar-refractivity contribution >= 4 is 36.1 Å². The summed E-state index contributed by atoms with van der Waals surface area (Å²) >= 11 is 4.22. The van der Waals surface area contributed by atoms with Crippen molar-refractivity contribution in [2.45, 2.75) is 17.5 Å². The number of carbonyl (C=O) groups is 1. The van der Waals surface area contributed by atoms with Crippen molar-refractivity contribution in [3.8, 4) is 0 Å². The van der Waals surface area contributed by atoms with Crippen LogP contribution in [0.3, 0.4) is 0 Å². The minimum atomic E-state index is -4.24. The predicted octanol–water partition coefficient (Wildman–Crippen LogP) is 4.37. The third-order valence-corrected chi connectivity index (χ3v) is 2.88. The molecule has 0 fully saturated rings. The summed E-state index contributed by atoms with van der Waals surface area (Å²) in [4.78, 5) is 15.3. The maximum atomic E-state index is 12.1. The molecule has 0 saturated heterocycles. The second kappa shape index (κ2) is 7.84. The van der Waals surface area contributed by atoms with Gasteiger partial charge in [0, 0.05) is 4.90 Å². The Hall–Kier alpha value is -2.02. The lowest BCUT2D eigenvalue weighted by molar-refractivity contribution is -0.132. The Bertz CT molecular complexity index is 622. The predicted molar refractivity (Wildman–Crippen MR) is 82.7 cm³/mol. The lowest BCUT2D eigenvalue weighted by Gasteiger charge is -2.05. The average Bonchev–Trinajstić information content (AvgIpc) is 2.44. The van der Waals surface area contributed by atoms with E-state index in [2.05, 4.69) is 28.9 Å². The number of aliphatic imine (C=N–C) groups is 1. The topological polar surface area (TPSA) is 38.7 Å². The van der Waals surface area contributed by atoms with E-state index in [9.17, 15) is 18.0 Å². The first-order valence-electron chi connectivity index (χ1n) is 6.10. The monoisotopic (exact) mass is 329 g/mol. The van der Waals surface area contributed by atoms with Gasteiger partial charge in [0.15, 0.2) is 0 Å². The molecule has 0 heterocycles. The van der Waals surface area contributed by atoms with E-state index in [-0.39, 0.29) is 0 Å². The first-order valence-corrected chi connectivity index (χ1v) is 6.55. The normalized spacial score (nSPS) is 12.0. The van der Waals surface area contributed by atoms with E-state index in [1.54, 1.807) is 18.2 Å². The van der Waals surface area contributed by atoms with Crippen molar-refractivity contribution in [1.82, 2.24) is 0 Å². The van der Waals surface area contributed by atoms with Crippen LogP contribution in [0.15, 0.2) is 46.8 Å². The van der Waals surface area contributed by atoms with Crippen molar-refractivity contribution in [3.05, 3.63) is 42.5 Å². The molecule has 1 rings (SSSR count). The minimum absolute atomic E-state index is 0.419. The molecule has 0 aromatic heterocycles. The van der Waals surface area contributed by atoms with Gasteiger partial charge >= 0.3 is 12.1 Å². The number of rotatable bonds is 5. The van der Waals surface area contributed by atoms with Crippen molar-refractivity contribution in [2.75, 3.05) is 7.11 Å². The van der Waals surface area contributed by atoms with Crippen LogP contribution in [0.2, 0.25) is 0 Å². The Morgan fingerprint density at radius 3 is 2.68 bits per heavy atom. The Morgan fingerprint density at radius 2 is 2.14 bits per heavy atom. The van der Waals surface area contributed by atoms with Gasteiger partial charge in [-0.25, -0.2) is 9.79 Å². The van der Waals surface area contributed by atoms with Crippen molar-refractivity contribution in [2.24, 2.45) is 4.99 Å². The summed E-state index contributed by atoms with van der Waals surface area (Å²) < 4.78 is 40.6. The summed E-state index contributed by atoms with van der Waals surface area (Å²) in [6.07, 6.45) is -1.94. The quantitative estimate of drug-likeness (QED) is 0.377. The second-order valence-electron chi connectivity index (χ2n) is 4.23. The maximum absolute atomic E-state index is 12.1. The largest absolute Gasteiger partial charge is 0.465 e. The molecule has 0 unspecified atom stereocenters. The first-order chi connectivity index (χ1) is 10.2. The number of hydrogen-bond donors (Lipinski definition) is 1. The highest BCUT2D eigenvalue weighted by molar-refractivity contribution is 7.80. The van der Waals surface area contributed by atoms with Gasteiger partial charge in [0.25, 0.3) is 0 Å². The average molecular weight is 329 g/mol. The molecule has 1 aromatic carbocycles. The van der Waals surface area contributed by atoms with E-state index in [1.165, 1.54) is 13.2 Å². The second-order valence-corrected chi connectivity index (χ2v) is 4.71. The number of allylic oxidation sites excluding steroid dienone is 3. The molecule has 0 atom stereocenters. The standard InChI is InChI=1S/C15H14F3NO2S/c1-10(4-3-7-15(16,17)18)11-5-6-12(13(22)8-11)19-9-14(20)21-2/h3-6,8-9,22H,1,7H2,2H3/b4-3-,19-9+. The third kappa shape index (κ3) is 6.17. The molecule has 0 bridgehead atoms. The minimum Gasteiger partial charge on any atom is -0.465 e. The summed E-state index contributed by atoms with van der Waals surface area (Å²) in [6, 6.07) is 4.82. The number of halogens is 3. The lowest BCUT2D eigenvalue weighted by Crippen LogP contribution is -2.04. The van der Waals surface area contributed by atoms with Gasteiger partial charge in [-0.15, -0.1) is 12.6 Å². The van der Waals surface area contributed by atoms with Crippen molar-refractivity contribution < 1.29 is 22.7 Å². The number of carbonyl (C=O) groups excluding carboxylic acids is 1. The van der Waals surface area contributed by atoms with E-state index in [4.69, 9.17) is 0 Å². The number of ether oxygens (including phenoxy) is 1. The molecule has 0 radical (unpaired) electrons. The Balaban J connectivity index is 2.82. The highest BCUT2D eigenvalue weighted by Crippen LogP contribution is 2.27. The van der Waals surface area contributed by atoms with E-state index in [0.717, 1.165) is 12.3 Å². The third-order valence-electron chi connectivity index (χ3n) is 2.52. The van der Waals surface area contributed by atoms with Crippen LogP contribution in [0.25, 0.3) is 5.57 Å². The van der Waals surface area contributed by atoms with Crippen LogP contribution in [0.1, 0.15) is 12.0 Å². The van der Waals surface area contributed by atoms with Gasteiger partial charge < -0.3 is 4.74 Å². The summed E-state index contributed by atoms with van der Waals surface area (Å²) in [5.74, 6) is -0.601. The summed E-state index contributed by atoms with van der Waals surface area (Å²) in [6.45, 7) is 3.70. The zero-order valence-corrected chi connectivity index (χ0v) is 12.6. The van der Waals surface area contributed by atoms with Crippen LogP contribution >= 0.6 is 12.6 Å². The number of methoxy groups -OCH3 is 1. The number of alkyl halides is 3. The molecular weight excluding hydrogens is 315 g/mol. The van der Waals surface area contributed by atoms with Gasteiger partial charge in [-0.1, -0.05) is 24.8 Å². The van der Waals surface area contributed by atoms with Crippen LogP contribution < -0.4 is 0 Å². The fourth-order valence-corrected chi connectivity index (χ4v) is 1.71. The molecule has 3 nitrogen and oxygen atoms in total. The number of hydrogen-bond acceptors (Lipinski definition) is 4. The molecule has 0 N–H and O–H groups in total. The summed E-state index contributed by atoms with van der Waals surface area (Å²) in [5, 5.41) is 0. The van der Waals surface area contributed by atoms with Gasteiger partial charge in [0.2, 0.25) is 0 Å². The van der Waals surface area contributed by atoms with Crippen LogP contribution in [-0.4, -0.2) is 25.5 Å². The zero-order chi connectivity index (χ0) is 16.8. The van der Waals surface area contributed by atoms with E-state index in [0.29, 0.717) is 21.7 Å². The fourth-order valence-electron chi connectivity index (χ4n) is 1.44. The first kappa shape index (κ1) is 18.0. The van der Waals surface area contributed by atoms with Crippen LogP contribution in [0, 0.1) is 0 Å². The summed E-state index contributed by atoms with van der Waals surface area (Å²) in [5.41, 5.74) is 1.47. The molecule has 0 aliphatic carbocycles. The van der Waals surface area contributed by atoms with E-state index >= 15 is 0 Å². The number of nitrogens with zero attached hydrogens (tertiary/aromatic N) is 1. The Labute approximate surface area is 131 Å². The highest BCUT2D eigenvalue weighted by Gasteiger charge is 2.24. The number of esters is 1. The lowest BCUT2D eigenvalue weighted by atomic mass is 10.1. The number of thiol groups is 1. The fraction of sp³-hybridized carbons (Fsp3) is 0.200. The molecule has 0 saturated carbocycles. The molecule has 118 valence electrons. The molecule has 22 heavy (non-hydrogen) atoms. The SMILES string of the molecule is C=C(/C=C\CC(F)(F)F)c1ccc(/N=C/C(=O)OC)c(S)c1. The van der Waals surface area contributed by atoms with E-state index < -0.39 is 18.6 Å². The van der Waals surface area contributed by atoms with Crippen LogP contribution in [0.5, 0.6) is 0 Å². The Morgan fingerprint density at radius 1 is 1.45 bits per heavy atom. The van der Waals surface area contributed by atoms with E-state index in [1.807, 2.05) is 0 Å². The Kier molecular flexibility index (Phi) is 6.42. The molecule has 1 aromatic rings. The zero-order valence-electron chi connectivity index (χ0n) is 11.7. The maximum Gasteiger partial charge on any atom is 0.392 e. The summed E-state index contributed by atoms with van der Waals surface area (Å²) in [7, 11) is 1.23. The van der Waals surface area contributed by atoms with Gasteiger partial charge in [-0.2, -0.15) is 13.2 Å². The highest BCUT2D eigenvalue weighted by atomic mass is 32.1. The van der Waals surface area contributed by atoms with Gasteiger partial charge in [-0.3, -0.25) is 0 Å². The van der Waals surface area contributed by atoms with Crippen LogP contribution in [0.4, 0.5) is 18.9 Å². The molecule has 0 spiro atoms. The molecule has 7 heteroatoms. The van der Waals surface area contributed by atoms with Crippen molar-refractivity contribution in [3.63, 3.8) is 0 Å². The van der Waals surface area contributed by atoms with Gasteiger partial charge in [0.05, 0.1) is 19.2 Å².